The van der Waals surface area contributed by atoms with Crippen LogP contribution in [-0.4, -0.2) is 5.84 Å². The van der Waals surface area contributed by atoms with Crippen LogP contribution in [0.25, 0.3) is 0 Å². The second-order valence-electron chi connectivity index (χ2n) is 1.43. The van der Waals surface area contributed by atoms with Crippen molar-refractivity contribution in [1.82, 2.24) is 0 Å². The lowest BCUT2D eigenvalue weighted by Crippen LogP contribution is -2.08. The average Bonchev–Trinajstić information content (AvgIpc) is 2.12. The summed E-state index contributed by atoms with van der Waals surface area (Å²) in [6, 6.07) is 1.64. The van der Waals surface area contributed by atoms with Crippen molar-refractivity contribution in [1.29, 1.82) is 5.41 Å². The van der Waals surface area contributed by atoms with E-state index in [9.17, 15) is 0 Å². The minimum Gasteiger partial charge on any atom is -0.472 e. The van der Waals surface area contributed by atoms with Gasteiger partial charge in [0.15, 0.2) is 0 Å². The van der Waals surface area contributed by atoms with Gasteiger partial charge in [0.1, 0.15) is 12.1 Å². The van der Waals surface area contributed by atoms with Crippen LogP contribution in [0, 0.1) is 5.41 Å². The number of hydrogen-bond acceptors (Lipinski definition) is 2. The van der Waals surface area contributed by atoms with Crippen LogP contribution in [-0.2, 0) is 0 Å². The van der Waals surface area contributed by atoms with Crippen LogP contribution in [0.5, 0.6) is 0 Å². The largest absolute Gasteiger partial charge is 0.472 e. The van der Waals surface area contributed by atoms with Gasteiger partial charge in [-0.2, -0.15) is 0 Å². The van der Waals surface area contributed by atoms with Gasteiger partial charge < -0.3 is 10.2 Å². The Hall–Kier alpha value is -1.25. The van der Waals surface area contributed by atoms with E-state index < -0.39 is 0 Å². The van der Waals surface area contributed by atoms with E-state index in [0.717, 1.165) is 0 Å². The van der Waals surface area contributed by atoms with Crippen molar-refractivity contribution in [3.05, 3.63) is 24.2 Å². The molecule has 0 fully saturated rings. The molecule has 3 nitrogen and oxygen atoms in total. The molecule has 0 unspecified atom stereocenters. The lowest BCUT2D eigenvalue weighted by atomic mass is 10.3. The smallest absolute Gasteiger partial charge is 0.126 e. The summed E-state index contributed by atoms with van der Waals surface area (Å²) in [5.74, 6) is 0.0405. The molecule has 1 aromatic heterocycles. The number of nitrogens with one attached hydrogen (secondary N) is 1. The summed E-state index contributed by atoms with van der Waals surface area (Å²) >= 11 is 0. The number of furan rings is 1. The predicted octanol–water partition coefficient (Wildman–Crippen LogP) is 1.20. The van der Waals surface area contributed by atoms with E-state index in [4.69, 9.17) is 11.1 Å². The Morgan fingerprint density at radius 3 is 2.56 bits per heavy atom. The van der Waals surface area contributed by atoms with Crippen LogP contribution in [0.15, 0.2) is 23.0 Å². The van der Waals surface area contributed by atoms with Crippen molar-refractivity contribution in [3.63, 3.8) is 0 Å². The summed E-state index contributed by atoms with van der Waals surface area (Å²) in [6.07, 6.45) is 2.92. The average molecular weight is 126 g/mol. The first-order chi connectivity index (χ1) is 3.80. The Labute approximate surface area is 54.0 Å². The van der Waals surface area contributed by atoms with Crippen molar-refractivity contribution in [2.24, 2.45) is 5.73 Å². The predicted molar refractivity (Wildman–Crippen MR) is 36.5 cm³/mol. The van der Waals surface area contributed by atoms with Gasteiger partial charge in [0.05, 0.1) is 11.8 Å². The summed E-state index contributed by atoms with van der Waals surface area (Å²) in [7, 11) is 0. The SMILES string of the molecule is C.N=C(N)c1ccoc1. The zero-order chi connectivity index (χ0) is 5.98. The Morgan fingerprint density at radius 2 is 2.33 bits per heavy atom. The molecule has 0 aliphatic carbocycles. The van der Waals surface area contributed by atoms with E-state index in [1.807, 2.05) is 0 Å². The van der Waals surface area contributed by atoms with Gasteiger partial charge in [-0.05, 0) is 6.07 Å². The van der Waals surface area contributed by atoms with E-state index in [1.165, 1.54) is 12.5 Å². The second-order valence-corrected chi connectivity index (χ2v) is 1.43. The van der Waals surface area contributed by atoms with Crippen LogP contribution in [0.1, 0.15) is 13.0 Å². The van der Waals surface area contributed by atoms with Crippen LogP contribution < -0.4 is 5.73 Å². The fraction of sp³-hybridized carbons (Fsp3) is 0.167. The topological polar surface area (TPSA) is 63.0 Å². The summed E-state index contributed by atoms with van der Waals surface area (Å²) in [5.41, 5.74) is 5.71. The van der Waals surface area contributed by atoms with Gasteiger partial charge in [-0.25, -0.2) is 0 Å². The van der Waals surface area contributed by atoms with Gasteiger partial charge in [-0.1, -0.05) is 7.43 Å². The molecule has 3 N–H and O–H groups in total. The number of amidine groups is 1. The Bertz CT molecular complexity index is 179. The van der Waals surface area contributed by atoms with Crippen molar-refractivity contribution in [2.75, 3.05) is 0 Å². The molecule has 0 saturated heterocycles. The van der Waals surface area contributed by atoms with E-state index in [-0.39, 0.29) is 13.3 Å². The maximum atomic E-state index is 6.87. The molecule has 50 valence electrons. The molecule has 0 aliphatic rings. The highest BCUT2D eigenvalue weighted by Crippen LogP contribution is 1.95. The lowest BCUT2D eigenvalue weighted by Gasteiger charge is -1.83. The second kappa shape index (κ2) is 2.91. The summed E-state index contributed by atoms with van der Waals surface area (Å²) in [5, 5.41) is 6.87. The first-order valence-corrected chi connectivity index (χ1v) is 2.17. The van der Waals surface area contributed by atoms with Crippen molar-refractivity contribution in [2.45, 2.75) is 7.43 Å². The van der Waals surface area contributed by atoms with Gasteiger partial charge >= 0.3 is 0 Å². The third-order valence-corrected chi connectivity index (χ3v) is 0.832. The molecule has 3 heteroatoms. The molecule has 0 spiro atoms. The summed E-state index contributed by atoms with van der Waals surface area (Å²) in [4.78, 5) is 0. The highest BCUT2D eigenvalue weighted by atomic mass is 16.3. The maximum Gasteiger partial charge on any atom is 0.126 e. The first kappa shape index (κ1) is 7.75. The highest BCUT2D eigenvalue weighted by Gasteiger charge is 1.93. The molecular formula is C6H10N2O. The number of hydrogen-bond donors (Lipinski definition) is 2. The van der Waals surface area contributed by atoms with E-state index in [1.54, 1.807) is 6.07 Å². The molecule has 1 rings (SSSR count). The molecule has 0 amide bonds. The van der Waals surface area contributed by atoms with Gasteiger partial charge in [0, 0.05) is 0 Å². The summed E-state index contributed by atoms with van der Waals surface area (Å²) in [6.45, 7) is 0. The fourth-order valence-electron chi connectivity index (χ4n) is 0.418. The Balaban J connectivity index is 0.000000640. The molecule has 0 aromatic carbocycles. The minimum absolute atomic E-state index is 0. The van der Waals surface area contributed by atoms with Crippen molar-refractivity contribution < 1.29 is 4.42 Å². The normalized spacial score (nSPS) is 8.00. The van der Waals surface area contributed by atoms with Crippen LogP contribution in [0.2, 0.25) is 0 Å². The first-order valence-electron chi connectivity index (χ1n) is 2.17. The molecular weight excluding hydrogens is 116 g/mol. The van der Waals surface area contributed by atoms with E-state index in [2.05, 4.69) is 4.42 Å². The molecule has 1 aromatic rings. The third-order valence-electron chi connectivity index (χ3n) is 0.832. The zero-order valence-corrected chi connectivity index (χ0v) is 4.22. The van der Waals surface area contributed by atoms with Crippen LogP contribution in [0.4, 0.5) is 0 Å². The van der Waals surface area contributed by atoms with Crippen molar-refractivity contribution in [3.8, 4) is 0 Å². The number of nitrogen functional groups attached to an aromatic ring is 1. The fourth-order valence-corrected chi connectivity index (χ4v) is 0.418. The van der Waals surface area contributed by atoms with Gasteiger partial charge in [-0.3, -0.25) is 5.41 Å². The third kappa shape index (κ3) is 1.60. The Kier molecular flexibility index (Phi) is 2.51. The molecule has 0 bridgehead atoms. The standard InChI is InChI=1S/C5H6N2O.CH4/c6-5(7)4-1-2-8-3-4;/h1-3H,(H3,6,7);1H4. The minimum atomic E-state index is 0. The van der Waals surface area contributed by atoms with E-state index >= 15 is 0 Å². The van der Waals surface area contributed by atoms with Crippen LogP contribution in [0.3, 0.4) is 0 Å². The molecule has 0 aliphatic heterocycles. The molecule has 0 radical (unpaired) electrons. The quantitative estimate of drug-likeness (QED) is 0.438. The molecule has 0 atom stereocenters. The maximum absolute atomic E-state index is 6.87. The zero-order valence-electron chi connectivity index (χ0n) is 4.22. The van der Waals surface area contributed by atoms with Gasteiger partial charge in [0.2, 0.25) is 0 Å². The monoisotopic (exact) mass is 126 g/mol. The molecule has 9 heavy (non-hydrogen) atoms. The number of nitrogens with two attached hydrogens (primary N) is 1. The Morgan fingerprint density at radius 1 is 1.67 bits per heavy atom. The van der Waals surface area contributed by atoms with Crippen LogP contribution >= 0.6 is 0 Å². The van der Waals surface area contributed by atoms with Gasteiger partial charge in [-0.15, -0.1) is 0 Å². The highest BCUT2D eigenvalue weighted by molar-refractivity contribution is 5.94. The van der Waals surface area contributed by atoms with Crippen molar-refractivity contribution >= 4 is 5.84 Å². The lowest BCUT2D eigenvalue weighted by molar-refractivity contribution is 0.567. The number of rotatable bonds is 1. The molecule has 1 heterocycles. The molecule has 0 saturated carbocycles. The van der Waals surface area contributed by atoms with Gasteiger partial charge in [0.25, 0.3) is 0 Å². The van der Waals surface area contributed by atoms with E-state index in [0.29, 0.717) is 5.56 Å². The summed E-state index contributed by atoms with van der Waals surface area (Å²) < 4.78 is 4.65.